The van der Waals surface area contributed by atoms with Gasteiger partial charge in [0.1, 0.15) is 11.5 Å². The first-order valence-corrected chi connectivity index (χ1v) is 7.99. The summed E-state index contributed by atoms with van der Waals surface area (Å²) in [5, 5.41) is 3.30. The number of halogens is 2. The normalized spacial score (nSPS) is 10.5. The van der Waals surface area contributed by atoms with Crippen LogP contribution in [-0.2, 0) is 6.54 Å². The minimum Gasteiger partial charge on any atom is -0.456 e. The summed E-state index contributed by atoms with van der Waals surface area (Å²) in [5.74, 6) is 1.68. The first-order valence-electron chi connectivity index (χ1n) is 6.11. The third kappa shape index (κ3) is 4.47. The van der Waals surface area contributed by atoms with E-state index in [4.69, 9.17) is 4.74 Å². The molecule has 0 unspecified atom stereocenters. The van der Waals surface area contributed by atoms with Crippen molar-refractivity contribution in [2.24, 2.45) is 0 Å². The second kappa shape index (κ2) is 7.26. The Morgan fingerprint density at radius 3 is 2.53 bits per heavy atom. The van der Waals surface area contributed by atoms with Crippen LogP contribution in [0.5, 0.6) is 11.5 Å². The third-order valence-corrected chi connectivity index (χ3v) is 3.96. The van der Waals surface area contributed by atoms with Crippen LogP contribution in [0.1, 0.15) is 12.5 Å². The monoisotopic (exact) mass is 431 g/mol. The Morgan fingerprint density at radius 1 is 1.16 bits per heavy atom. The van der Waals surface area contributed by atoms with Crippen molar-refractivity contribution in [1.29, 1.82) is 0 Å². The van der Waals surface area contributed by atoms with Crippen LogP contribution in [-0.4, -0.2) is 6.54 Å². The SMILES string of the molecule is CCNCc1ccc(Oc2ccc(I)cc2)c(Br)c1. The van der Waals surface area contributed by atoms with Crippen molar-refractivity contribution >= 4 is 38.5 Å². The Bertz CT molecular complexity index is 542. The molecule has 2 aromatic rings. The highest BCUT2D eigenvalue weighted by Crippen LogP contribution is 2.30. The molecule has 0 amide bonds. The van der Waals surface area contributed by atoms with Gasteiger partial charge in [-0.15, -0.1) is 0 Å². The van der Waals surface area contributed by atoms with Crippen LogP contribution in [0.15, 0.2) is 46.9 Å². The Balaban J connectivity index is 2.10. The van der Waals surface area contributed by atoms with Crippen LogP contribution in [0.3, 0.4) is 0 Å². The molecule has 0 fully saturated rings. The summed E-state index contributed by atoms with van der Waals surface area (Å²) in [7, 11) is 0. The van der Waals surface area contributed by atoms with Gasteiger partial charge in [-0.2, -0.15) is 0 Å². The molecule has 19 heavy (non-hydrogen) atoms. The molecule has 0 atom stereocenters. The molecule has 2 nitrogen and oxygen atoms in total. The van der Waals surface area contributed by atoms with Gasteiger partial charge in [0, 0.05) is 10.1 Å². The van der Waals surface area contributed by atoms with Gasteiger partial charge in [0.2, 0.25) is 0 Å². The highest BCUT2D eigenvalue weighted by molar-refractivity contribution is 14.1. The molecule has 4 heteroatoms. The number of ether oxygens (including phenoxy) is 1. The maximum absolute atomic E-state index is 5.85. The molecule has 0 spiro atoms. The Labute approximate surface area is 135 Å². The molecule has 0 bridgehead atoms. The van der Waals surface area contributed by atoms with Gasteiger partial charge >= 0.3 is 0 Å². The van der Waals surface area contributed by atoms with Crippen LogP contribution >= 0.6 is 38.5 Å². The van der Waals surface area contributed by atoms with Gasteiger partial charge in [-0.25, -0.2) is 0 Å². The second-order valence-electron chi connectivity index (χ2n) is 4.10. The highest BCUT2D eigenvalue weighted by Gasteiger charge is 2.04. The predicted octanol–water partition coefficient (Wildman–Crippen LogP) is 4.96. The lowest BCUT2D eigenvalue weighted by atomic mass is 10.2. The van der Waals surface area contributed by atoms with Crippen LogP contribution in [0.2, 0.25) is 0 Å². The van der Waals surface area contributed by atoms with Gasteiger partial charge in [-0.05, 0) is 87.0 Å². The van der Waals surface area contributed by atoms with E-state index in [0.717, 1.165) is 29.1 Å². The molecule has 0 radical (unpaired) electrons. The average Bonchev–Trinajstić information content (AvgIpc) is 2.41. The van der Waals surface area contributed by atoms with Gasteiger partial charge < -0.3 is 10.1 Å². The van der Waals surface area contributed by atoms with Crippen molar-refractivity contribution in [3.63, 3.8) is 0 Å². The average molecular weight is 432 g/mol. The summed E-state index contributed by atoms with van der Waals surface area (Å²) in [6.45, 7) is 3.95. The fourth-order valence-electron chi connectivity index (χ4n) is 1.64. The zero-order chi connectivity index (χ0) is 13.7. The van der Waals surface area contributed by atoms with E-state index in [1.807, 2.05) is 30.3 Å². The molecule has 2 rings (SSSR count). The standard InChI is InChI=1S/C15H15BrINO/c1-2-18-10-11-3-8-15(14(16)9-11)19-13-6-4-12(17)5-7-13/h3-9,18H,2,10H2,1H3. The van der Waals surface area contributed by atoms with E-state index in [-0.39, 0.29) is 0 Å². The van der Waals surface area contributed by atoms with Crippen molar-refractivity contribution < 1.29 is 4.74 Å². The maximum atomic E-state index is 5.85. The number of benzene rings is 2. The van der Waals surface area contributed by atoms with E-state index < -0.39 is 0 Å². The van der Waals surface area contributed by atoms with Gasteiger partial charge in [-0.3, -0.25) is 0 Å². The van der Waals surface area contributed by atoms with Crippen molar-refractivity contribution in [2.45, 2.75) is 13.5 Å². The molecule has 2 aromatic carbocycles. The number of hydrogen-bond donors (Lipinski definition) is 1. The smallest absolute Gasteiger partial charge is 0.141 e. The van der Waals surface area contributed by atoms with E-state index in [1.165, 1.54) is 9.13 Å². The Kier molecular flexibility index (Phi) is 5.66. The van der Waals surface area contributed by atoms with Gasteiger partial charge in [0.25, 0.3) is 0 Å². The molecule has 0 aliphatic rings. The molecule has 0 saturated carbocycles. The summed E-state index contributed by atoms with van der Waals surface area (Å²) in [5.41, 5.74) is 1.24. The molecule has 0 saturated heterocycles. The van der Waals surface area contributed by atoms with E-state index in [9.17, 15) is 0 Å². The number of nitrogens with one attached hydrogen (secondary N) is 1. The topological polar surface area (TPSA) is 21.3 Å². The second-order valence-corrected chi connectivity index (χ2v) is 6.20. The summed E-state index contributed by atoms with van der Waals surface area (Å²) in [4.78, 5) is 0. The van der Waals surface area contributed by atoms with E-state index in [1.54, 1.807) is 0 Å². The lowest BCUT2D eigenvalue weighted by Crippen LogP contribution is -2.11. The number of rotatable bonds is 5. The lowest BCUT2D eigenvalue weighted by molar-refractivity contribution is 0.479. The van der Waals surface area contributed by atoms with E-state index in [0.29, 0.717) is 0 Å². The summed E-state index contributed by atoms with van der Waals surface area (Å²) in [6, 6.07) is 14.2. The van der Waals surface area contributed by atoms with Crippen molar-refractivity contribution in [1.82, 2.24) is 5.32 Å². The molecular weight excluding hydrogens is 417 g/mol. The Morgan fingerprint density at radius 2 is 1.89 bits per heavy atom. The van der Waals surface area contributed by atoms with Gasteiger partial charge in [-0.1, -0.05) is 13.0 Å². The van der Waals surface area contributed by atoms with Crippen LogP contribution in [0.4, 0.5) is 0 Å². The molecule has 0 aliphatic heterocycles. The largest absolute Gasteiger partial charge is 0.456 e. The minimum atomic E-state index is 0.835. The first kappa shape index (κ1) is 14.8. The fourth-order valence-corrected chi connectivity index (χ4v) is 2.50. The Hall–Kier alpha value is -0.590. The quantitative estimate of drug-likeness (QED) is 0.676. The molecular formula is C15H15BrINO. The molecule has 0 heterocycles. The van der Waals surface area contributed by atoms with Crippen LogP contribution in [0.25, 0.3) is 0 Å². The van der Waals surface area contributed by atoms with Crippen molar-refractivity contribution in [2.75, 3.05) is 6.54 Å². The minimum absolute atomic E-state index is 0.835. The zero-order valence-corrected chi connectivity index (χ0v) is 14.4. The van der Waals surface area contributed by atoms with Crippen LogP contribution in [0, 0.1) is 3.57 Å². The van der Waals surface area contributed by atoms with E-state index >= 15 is 0 Å². The van der Waals surface area contributed by atoms with Crippen molar-refractivity contribution in [3.8, 4) is 11.5 Å². The fraction of sp³-hybridized carbons (Fsp3) is 0.200. The molecule has 0 aliphatic carbocycles. The predicted molar refractivity (Wildman–Crippen MR) is 90.8 cm³/mol. The summed E-state index contributed by atoms with van der Waals surface area (Å²) < 4.78 is 8.03. The molecule has 1 N–H and O–H groups in total. The van der Waals surface area contributed by atoms with Crippen molar-refractivity contribution in [3.05, 3.63) is 56.1 Å². The van der Waals surface area contributed by atoms with Gasteiger partial charge in [0.05, 0.1) is 4.47 Å². The molecule has 0 aromatic heterocycles. The number of hydrogen-bond acceptors (Lipinski definition) is 2. The van der Waals surface area contributed by atoms with Crippen LogP contribution < -0.4 is 10.1 Å². The van der Waals surface area contributed by atoms with E-state index in [2.05, 4.69) is 62.9 Å². The lowest BCUT2D eigenvalue weighted by Gasteiger charge is -2.10. The maximum Gasteiger partial charge on any atom is 0.141 e. The highest BCUT2D eigenvalue weighted by atomic mass is 127. The summed E-state index contributed by atoms with van der Waals surface area (Å²) >= 11 is 5.84. The molecule has 100 valence electrons. The third-order valence-electron chi connectivity index (χ3n) is 2.62. The van der Waals surface area contributed by atoms with Gasteiger partial charge in [0.15, 0.2) is 0 Å². The zero-order valence-electron chi connectivity index (χ0n) is 10.6. The summed E-state index contributed by atoms with van der Waals surface area (Å²) in [6.07, 6.45) is 0. The first-order chi connectivity index (χ1) is 9.19.